The smallest absolute Gasteiger partial charge is 0.272 e. The summed E-state index contributed by atoms with van der Waals surface area (Å²) >= 11 is 3.12. The van der Waals surface area contributed by atoms with E-state index in [1.54, 1.807) is 32.0 Å². The highest BCUT2D eigenvalue weighted by Gasteiger charge is 2.14. The van der Waals surface area contributed by atoms with Crippen LogP contribution in [0.15, 0.2) is 34.8 Å². The number of nitro benzene ring substituents is 1. The predicted molar refractivity (Wildman–Crippen MR) is 81.0 cm³/mol. The van der Waals surface area contributed by atoms with Crippen molar-refractivity contribution in [3.05, 3.63) is 67.4 Å². The molecule has 110 valence electrons. The van der Waals surface area contributed by atoms with Crippen LogP contribution in [0.25, 0.3) is 0 Å². The summed E-state index contributed by atoms with van der Waals surface area (Å²) in [7, 11) is 0. The highest BCUT2D eigenvalue weighted by atomic mass is 79.9. The van der Waals surface area contributed by atoms with Gasteiger partial charge in [0.2, 0.25) is 0 Å². The van der Waals surface area contributed by atoms with Crippen LogP contribution in [0.2, 0.25) is 0 Å². The molecule has 0 radical (unpaired) electrons. The molecule has 4 nitrogen and oxygen atoms in total. The Labute approximate surface area is 129 Å². The van der Waals surface area contributed by atoms with Crippen molar-refractivity contribution in [3.8, 4) is 5.75 Å². The Kier molecular flexibility index (Phi) is 4.57. The molecule has 0 aromatic heterocycles. The molecule has 0 amide bonds. The number of rotatable bonds is 4. The molecule has 2 aromatic carbocycles. The van der Waals surface area contributed by atoms with Gasteiger partial charge in [0, 0.05) is 11.6 Å². The third kappa shape index (κ3) is 3.58. The van der Waals surface area contributed by atoms with Crippen LogP contribution in [-0.4, -0.2) is 4.92 Å². The Bertz CT molecular complexity index is 704. The topological polar surface area (TPSA) is 52.4 Å². The maximum absolute atomic E-state index is 13.1. The zero-order valence-electron chi connectivity index (χ0n) is 11.5. The summed E-state index contributed by atoms with van der Waals surface area (Å²) in [6.07, 6.45) is 0. The Morgan fingerprint density at radius 3 is 2.57 bits per heavy atom. The molecule has 2 rings (SSSR count). The molecule has 0 saturated carbocycles. The van der Waals surface area contributed by atoms with Gasteiger partial charge < -0.3 is 4.74 Å². The standard InChI is InChI=1S/C15H13BrFNO3/c1-9-6-15(10(2)5-14(9)18(19)20)21-8-11-3-4-13(17)12(16)7-11/h3-7H,8H2,1-2H3. The highest BCUT2D eigenvalue weighted by molar-refractivity contribution is 9.10. The lowest BCUT2D eigenvalue weighted by Gasteiger charge is -2.11. The van der Waals surface area contributed by atoms with E-state index >= 15 is 0 Å². The summed E-state index contributed by atoms with van der Waals surface area (Å²) in [6.45, 7) is 3.68. The summed E-state index contributed by atoms with van der Waals surface area (Å²) in [5.41, 5.74) is 2.11. The van der Waals surface area contributed by atoms with Gasteiger partial charge in [-0.3, -0.25) is 10.1 Å². The molecular weight excluding hydrogens is 341 g/mol. The number of nitro groups is 1. The zero-order valence-corrected chi connectivity index (χ0v) is 13.1. The van der Waals surface area contributed by atoms with Gasteiger partial charge in [-0.15, -0.1) is 0 Å². The second-order valence-electron chi connectivity index (χ2n) is 4.70. The molecule has 0 aliphatic heterocycles. The Morgan fingerprint density at radius 1 is 1.24 bits per heavy atom. The van der Waals surface area contributed by atoms with Crippen molar-refractivity contribution in [2.24, 2.45) is 0 Å². The summed E-state index contributed by atoms with van der Waals surface area (Å²) in [4.78, 5) is 10.4. The van der Waals surface area contributed by atoms with Gasteiger partial charge in [-0.25, -0.2) is 4.39 Å². The lowest BCUT2D eigenvalue weighted by atomic mass is 10.1. The minimum atomic E-state index is -0.413. The number of nitrogens with zero attached hydrogens (tertiary/aromatic N) is 1. The Balaban J connectivity index is 2.18. The first-order chi connectivity index (χ1) is 9.88. The van der Waals surface area contributed by atoms with Crippen molar-refractivity contribution in [1.29, 1.82) is 0 Å². The molecule has 0 spiro atoms. The third-order valence-corrected chi connectivity index (χ3v) is 3.68. The van der Waals surface area contributed by atoms with Gasteiger partial charge in [0.15, 0.2) is 0 Å². The molecule has 0 bridgehead atoms. The van der Waals surface area contributed by atoms with Crippen LogP contribution in [0.3, 0.4) is 0 Å². The predicted octanol–water partition coefficient (Wildman–Crippen LogP) is 4.69. The molecule has 0 atom stereocenters. The maximum Gasteiger partial charge on any atom is 0.272 e. The van der Waals surface area contributed by atoms with E-state index in [4.69, 9.17) is 4.74 Å². The fourth-order valence-electron chi connectivity index (χ4n) is 1.92. The molecule has 0 aliphatic rings. The average molecular weight is 354 g/mol. The first-order valence-electron chi connectivity index (χ1n) is 6.21. The van der Waals surface area contributed by atoms with Crippen molar-refractivity contribution >= 4 is 21.6 Å². The first-order valence-corrected chi connectivity index (χ1v) is 7.00. The van der Waals surface area contributed by atoms with Gasteiger partial charge in [-0.1, -0.05) is 6.07 Å². The molecule has 0 aliphatic carbocycles. The lowest BCUT2D eigenvalue weighted by Crippen LogP contribution is -2.00. The van der Waals surface area contributed by atoms with Crippen LogP contribution < -0.4 is 4.74 Å². The van der Waals surface area contributed by atoms with E-state index in [-0.39, 0.29) is 18.1 Å². The number of halogens is 2. The maximum atomic E-state index is 13.1. The third-order valence-electron chi connectivity index (χ3n) is 3.07. The van der Waals surface area contributed by atoms with Crippen LogP contribution in [-0.2, 0) is 6.61 Å². The fraction of sp³-hybridized carbons (Fsp3) is 0.200. The number of aryl methyl sites for hydroxylation is 2. The Morgan fingerprint density at radius 2 is 1.95 bits per heavy atom. The summed E-state index contributed by atoms with van der Waals surface area (Å²) in [5.74, 6) is 0.250. The zero-order chi connectivity index (χ0) is 15.6. The molecule has 0 heterocycles. The number of hydrogen-bond acceptors (Lipinski definition) is 3. The minimum absolute atomic E-state index is 0.0735. The van der Waals surface area contributed by atoms with E-state index in [9.17, 15) is 14.5 Å². The van der Waals surface area contributed by atoms with E-state index < -0.39 is 4.92 Å². The number of ether oxygens (including phenoxy) is 1. The van der Waals surface area contributed by atoms with Crippen LogP contribution in [0.1, 0.15) is 16.7 Å². The molecule has 2 aromatic rings. The molecule has 6 heteroatoms. The average Bonchev–Trinajstić information content (AvgIpc) is 2.42. The van der Waals surface area contributed by atoms with E-state index in [1.807, 2.05) is 0 Å². The largest absolute Gasteiger partial charge is 0.489 e. The highest BCUT2D eigenvalue weighted by Crippen LogP contribution is 2.28. The molecule has 0 fully saturated rings. The molecular formula is C15H13BrFNO3. The van der Waals surface area contributed by atoms with Gasteiger partial charge >= 0.3 is 0 Å². The van der Waals surface area contributed by atoms with Crippen LogP contribution in [0.5, 0.6) is 5.75 Å². The SMILES string of the molecule is Cc1cc([N+](=O)[O-])c(C)cc1OCc1ccc(F)c(Br)c1. The molecule has 0 unspecified atom stereocenters. The Hall–Kier alpha value is -1.95. The van der Waals surface area contributed by atoms with Crippen molar-refractivity contribution in [1.82, 2.24) is 0 Å². The normalized spacial score (nSPS) is 10.5. The van der Waals surface area contributed by atoms with Crippen molar-refractivity contribution in [3.63, 3.8) is 0 Å². The summed E-state index contributed by atoms with van der Waals surface area (Å²) in [6, 6.07) is 7.77. The van der Waals surface area contributed by atoms with Gasteiger partial charge in [-0.2, -0.15) is 0 Å². The van der Waals surface area contributed by atoms with Gasteiger partial charge in [0.25, 0.3) is 5.69 Å². The van der Waals surface area contributed by atoms with Gasteiger partial charge in [0.05, 0.1) is 9.40 Å². The van der Waals surface area contributed by atoms with E-state index in [2.05, 4.69) is 15.9 Å². The molecule has 0 N–H and O–H groups in total. The monoisotopic (exact) mass is 353 g/mol. The number of hydrogen-bond donors (Lipinski definition) is 0. The minimum Gasteiger partial charge on any atom is -0.489 e. The van der Waals surface area contributed by atoms with E-state index in [1.165, 1.54) is 12.1 Å². The van der Waals surface area contributed by atoms with Crippen LogP contribution in [0.4, 0.5) is 10.1 Å². The van der Waals surface area contributed by atoms with E-state index in [0.29, 0.717) is 21.3 Å². The molecule has 0 saturated heterocycles. The quantitative estimate of drug-likeness (QED) is 0.591. The van der Waals surface area contributed by atoms with Gasteiger partial charge in [0.1, 0.15) is 18.2 Å². The summed E-state index contributed by atoms with van der Waals surface area (Å²) < 4.78 is 19.2. The second kappa shape index (κ2) is 6.22. The van der Waals surface area contributed by atoms with Crippen LogP contribution >= 0.6 is 15.9 Å². The first kappa shape index (κ1) is 15.4. The van der Waals surface area contributed by atoms with E-state index in [0.717, 1.165) is 5.56 Å². The van der Waals surface area contributed by atoms with Crippen molar-refractivity contribution in [2.75, 3.05) is 0 Å². The fourth-order valence-corrected chi connectivity index (χ4v) is 2.34. The second-order valence-corrected chi connectivity index (χ2v) is 5.55. The summed E-state index contributed by atoms with van der Waals surface area (Å²) in [5, 5.41) is 10.9. The molecule has 21 heavy (non-hydrogen) atoms. The van der Waals surface area contributed by atoms with Crippen LogP contribution in [0, 0.1) is 29.8 Å². The van der Waals surface area contributed by atoms with Crippen molar-refractivity contribution in [2.45, 2.75) is 20.5 Å². The lowest BCUT2D eigenvalue weighted by molar-refractivity contribution is -0.385. The van der Waals surface area contributed by atoms with Crippen molar-refractivity contribution < 1.29 is 14.1 Å². The number of benzene rings is 2. The van der Waals surface area contributed by atoms with Gasteiger partial charge in [-0.05, 0) is 59.1 Å².